The van der Waals surface area contributed by atoms with Crippen molar-refractivity contribution in [2.75, 3.05) is 13.7 Å². The normalized spacial score (nSPS) is 16.4. The predicted octanol–water partition coefficient (Wildman–Crippen LogP) is 7.10. The number of benzene rings is 1. The summed E-state index contributed by atoms with van der Waals surface area (Å²) in [6, 6.07) is 7.66. The zero-order valence-electron chi connectivity index (χ0n) is 22.3. The maximum absolute atomic E-state index is 13.3. The Kier molecular flexibility index (Phi) is 8.28. The lowest BCUT2D eigenvalue weighted by Gasteiger charge is -2.31. The van der Waals surface area contributed by atoms with Crippen molar-refractivity contribution >= 4 is 28.8 Å². The molecule has 0 saturated heterocycles. The molecule has 1 aromatic heterocycles. The standard InChI is InChI=1S/C29H39NO4S/c1-9-33-27(32)24(34-28(3,4)5)22-18(2)35-25(20-12-10-11-13-21(20)26(31)30-8)23(22)19-14-16-29(6,7)17-15-19/h10-14,24H,9,15-17H2,1-8H3,(H,30,31). The molecule has 3 rings (SSSR count). The Morgan fingerprint density at radius 3 is 2.46 bits per heavy atom. The van der Waals surface area contributed by atoms with Gasteiger partial charge in [0.15, 0.2) is 6.10 Å². The molecule has 1 N–H and O–H groups in total. The van der Waals surface area contributed by atoms with Crippen LogP contribution in [0.5, 0.6) is 0 Å². The number of carbonyl (C=O) groups is 2. The summed E-state index contributed by atoms with van der Waals surface area (Å²) in [6.45, 7) is 14.5. The maximum Gasteiger partial charge on any atom is 0.340 e. The molecule has 0 saturated carbocycles. The second-order valence-electron chi connectivity index (χ2n) is 10.9. The second-order valence-corrected chi connectivity index (χ2v) is 12.1. The van der Waals surface area contributed by atoms with Gasteiger partial charge in [-0.2, -0.15) is 0 Å². The number of aryl methyl sites for hydroxylation is 1. The topological polar surface area (TPSA) is 64.6 Å². The van der Waals surface area contributed by atoms with Crippen LogP contribution in [0.3, 0.4) is 0 Å². The SMILES string of the molecule is CCOC(=O)C(OC(C)(C)C)c1c(C)sc(-c2ccccc2C(=O)NC)c1C1=CCC(C)(C)CC1. The minimum absolute atomic E-state index is 0.134. The van der Waals surface area contributed by atoms with Crippen molar-refractivity contribution in [2.24, 2.45) is 5.41 Å². The fourth-order valence-corrected chi connectivity index (χ4v) is 5.75. The Hall–Kier alpha value is -2.44. The molecule has 1 amide bonds. The largest absolute Gasteiger partial charge is 0.464 e. The zero-order chi connectivity index (χ0) is 26.0. The lowest BCUT2D eigenvalue weighted by atomic mass is 9.76. The van der Waals surface area contributed by atoms with Crippen molar-refractivity contribution in [3.05, 3.63) is 51.9 Å². The van der Waals surface area contributed by atoms with Gasteiger partial charge in [0.25, 0.3) is 5.91 Å². The molecule has 5 nitrogen and oxygen atoms in total. The summed E-state index contributed by atoms with van der Waals surface area (Å²) in [5, 5.41) is 2.76. The summed E-state index contributed by atoms with van der Waals surface area (Å²) in [5.41, 5.74) is 4.24. The monoisotopic (exact) mass is 497 g/mol. The Balaban J connectivity index is 2.32. The van der Waals surface area contributed by atoms with Gasteiger partial charge in [0, 0.05) is 39.1 Å². The van der Waals surface area contributed by atoms with Crippen molar-refractivity contribution in [1.29, 1.82) is 0 Å². The van der Waals surface area contributed by atoms with E-state index in [2.05, 4.69) is 25.2 Å². The van der Waals surface area contributed by atoms with Crippen LogP contribution in [0.4, 0.5) is 0 Å². The van der Waals surface area contributed by atoms with E-state index < -0.39 is 11.7 Å². The fourth-order valence-electron chi connectivity index (χ4n) is 4.50. The molecule has 0 fully saturated rings. The van der Waals surface area contributed by atoms with Crippen LogP contribution in [0.15, 0.2) is 30.3 Å². The van der Waals surface area contributed by atoms with E-state index in [9.17, 15) is 9.59 Å². The summed E-state index contributed by atoms with van der Waals surface area (Å²) in [6.07, 6.45) is 4.36. The lowest BCUT2D eigenvalue weighted by Crippen LogP contribution is -2.29. The van der Waals surface area contributed by atoms with E-state index in [1.165, 1.54) is 5.57 Å². The van der Waals surface area contributed by atoms with Gasteiger partial charge in [0.2, 0.25) is 0 Å². The molecule has 35 heavy (non-hydrogen) atoms. The lowest BCUT2D eigenvalue weighted by molar-refractivity contribution is -0.166. The number of thiophene rings is 1. The average Bonchev–Trinajstić information content (AvgIpc) is 3.13. The molecule has 1 aromatic carbocycles. The van der Waals surface area contributed by atoms with Gasteiger partial charge in [-0.05, 0) is 70.9 Å². The highest BCUT2D eigenvalue weighted by atomic mass is 32.1. The van der Waals surface area contributed by atoms with Gasteiger partial charge < -0.3 is 14.8 Å². The van der Waals surface area contributed by atoms with Crippen LogP contribution < -0.4 is 5.32 Å². The van der Waals surface area contributed by atoms with E-state index in [1.54, 1.807) is 18.4 Å². The average molecular weight is 498 g/mol. The molecule has 0 bridgehead atoms. The summed E-state index contributed by atoms with van der Waals surface area (Å²) < 4.78 is 11.9. The van der Waals surface area contributed by atoms with Gasteiger partial charge in [-0.15, -0.1) is 11.3 Å². The van der Waals surface area contributed by atoms with Gasteiger partial charge in [0.05, 0.1) is 12.2 Å². The van der Waals surface area contributed by atoms with Crippen molar-refractivity contribution < 1.29 is 19.1 Å². The number of carbonyl (C=O) groups excluding carboxylic acids is 2. The molecule has 6 heteroatoms. The fraction of sp³-hybridized carbons (Fsp3) is 0.517. The first kappa shape index (κ1) is 27.2. The van der Waals surface area contributed by atoms with Crippen LogP contribution in [-0.2, 0) is 14.3 Å². The minimum Gasteiger partial charge on any atom is -0.464 e. The second kappa shape index (κ2) is 10.7. The van der Waals surface area contributed by atoms with Gasteiger partial charge in [-0.1, -0.05) is 38.1 Å². The van der Waals surface area contributed by atoms with Gasteiger partial charge in [-0.3, -0.25) is 4.79 Å². The third kappa shape index (κ3) is 6.22. The van der Waals surface area contributed by atoms with Gasteiger partial charge >= 0.3 is 5.97 Å². The number of ether oxygens (including phenoxy) is 2. The molecule has 1 atom stereocenters. The summed E-state index contributed by atoms with van der Waals surface area (Å²) in [4.78, 5) is 28.0. The number of hydrogen-bond acceptors (Lipinski definition) is 5. The van der Waals surface area contributed by atoms with Crippen LogP contribution in [-0.4, -0.2) is 31.1 Å². The molecular weight excluding hydrogens is 458 g/mol. The number of esters is 1. The number of amides is 1. The molecular formula is C29H39NO4S. The van der Waals surface area contributed by atoms with Crippen LogP contribution in [0, 0.1) is 12.3 Å². The third-order valence-corrected chi connectivity index (χ3v) is 7.46. The molecule has 1 aliphatic carbocycles. The molecule has 1 aliphatic rings. The van der Waals surface area contributed by atoms with Crippen molar-refractivity contribution in [1.82, 2.24) is 5.32 Å². The first-order valence-electron chi connectivity index (χ1n) is 12.4. The third-order valence-electron chi connectivity index (χ3n) is 6.30. The van der Waals surface area contributed by atoms with E-state index in [0.717, 1.165) is 45.7 Å². The number of rotatable bonds is 7. The number of nitrogens with one attached hydrogen (secondary N) is 1. The van der Waals surface area contributed by atoms with Crippen LogP contribution in [0.25, 0.3) is 16.0 Å². The Morgan fingerprint density at radius 2 is 1.89 bits per heavy atom. The van der Waals surface area contributed by atoms with Gasteiger partial charge in [0.1, 0.15) is 0 Å². The van der Waals surface area contributed by atoms with Crippen molar-refractivity contribution in [3.8, 4) is 10.4 Å². The Bertz CT molecular complexity index is 1120. The van der Waals surface area contributed by atoms with Gasteiger partial charge in [-0.25, -0.2) is 4.79 Å². The maximum atomic E-state index is 13.3. The minimum atomic E-state index is -0.849. The highest BCUT2D eigenvalue weighted by Gasteiger charge is 2.36. The molecule has 1 unspecified atom stereocenters. The van der Waals surface area contributed by atoms with Crippen LogP contribution >= 0.6 is 11.3 Å². The first-order chi connectivity index (χ1) is 16.4. The molecule has 0 radical (unpaired) electrons. The molecule has 190 valence electrons. The van der Waals surface area contributed by atoms with E-state index >= 15 is 0 Å². The highest BCUT2D eigenvalue weighted by molar-refractivity contribution is 7.16. The quantitative estimate of drug-likeness (QED) is 0.415. The Labute approximate surface area is 213 Å². The summed E-state index contributed by atoms with van der Waals surface area (Å²) in [7, 11) is 1.64. The van der Waals surface area contributed by atoms with Crippen LogP contribution in [0.2, 0.25) is 0 Å². The molecule has 1 heterocycles. The number of hydrogen-bond donors (Lipinski definition) is 1. The van der Waals surface area contributed by atoms with E-state index in [4.69, 9.17) is 9.47 Å². The number of allylic oxidation sites excluding steroid dienone is 2. The van der Waals surface area contributed by atoms with E-state index in [0.29, 0.717) is 5.56 Å². The molecule has 0 aliphatic heterocycles. The van der Waals surface area contributed by atoms with Crippen LogP contribution in [0.1, 0.15) is 93.3 Å². The predicted molar refractivity (Wildman–Crippen MR) is 144 cm³/mol. The zero-order valence-corrected chi connectivity index (χ0v) is 23.2. The van der Waals surface area contributed by atoms with Crippen molar-refractivity contribution in [3.63, 3.8) is 0 Å². The van der Waals surface area contributed by atoms with E-state index in [-0.39, 0.29) is 23.9 Å². The summed E-state index contributed by atoms with van der Waals surface area (Å²) in [5.74, 6) is -0.516. The molecule has 0 spiro atoms. The highest BCUT2D eigenvalue weighted by Crippen LogP contribution is 2.49. The summed E-state index contributed by atoms with van der Waals surface area (Å²) >= 11 is 1.61. The Morgan fingerprint density at radius 1 is 1.20 bits per heavy atom. The molecule has 2 aromatic rings. The smallest absolute Gasteiger partial charge is 0.340 e. The first-order valence-corrected chi connectivity index (χ1v) is 13.2. The van der Waals surface area contributed by atoms with E-state index in [1.807, 2.05) is 58.9 Å². The van der Waals surface area contributed by atoms with Crippen molar-refractivity contribution in [2.45, 2.75) is 79.4 Å².